The number of nitrogens with one attached hydrogen (secondary N) is 2. The lowest BCUT2D eigenvalue weighted by atomic mass is 10.3. The number of aromatic nitrogens is 5. The molecular weight excluding hydrogens is 314 g/mol. The van der Waals surface area contributed by atoms with Gasteiger partial charge in [-0.15, -0.1) is 0 Å². The van der Waals surface area contributed by atoms with Crippen LogP contribution in [0.15, 0.2) is 36.8 Å². The molecular formula is C18H23N7. The van der Waals surface area contributed by atoms with E-state index in [2.05, 4.69) is 42.8 Å². The lowest BCUT2D eigenvalue weighted by Crippen LogP contribution is -2.12. The van der Waals surface area contributed by atoms with Gasteiger partial charge in [-0.25, -0.2) is 9.97 Å². The van der Waals surface area contributed by atoms with Crippen LogP contribution in [-0.2, 0) is 19.6 Å². The molecule has 2 N–H and O–H groups in total. The van der Waals surface area contributed by atoms with Crippen molar-refractivity contribution < 1.29 is 0 Å². The average Bonchev–Trinajstić information content (AvgIpc) is 3.17. The average molecular weight is 337 g/mol. The molecule has 7 heteroatoms. The fourth-order valence-corrected chi connectivity index (χ4v) is 3.13. The Kier molecular flexibility index (Phi) is 4.47. The van der Waals surface area contributed by atoms with Crippen LogP contribution >= 0.6 is 0 Å². The molecule has 25 heavy (non-hydrogen) atoms. The molecule has 0 spiro atoms. The molecule has 3 aromatic heterocycles. The largest absolute Gasteiger partial charge is 0.368 e. The topological polar surface area (TPSA) is 72.6 Å². The summed E-state index contributed by atoms with van der Waals surface area (Å²) in [5.74, 6) is 1.82. The van der Waals surface area contributed by atoms with Gasteiger partial charge in [-0.3, -0.25) is 4.68 Å². The van der Waals surface area contributed by atoms with E-state index in [-0.39, 0.29) is 0 Å². The minimum atomic E-state index is 0.787. The van der Waals surface area contributed by atoms with Crippen LogP contribution in [0, 0.1) is 6.92 Å². The Morgan fingerprint density at radius 1 is 1.24 bits per heavy atom. The molecule has 3 aromatic rings. The number of hydrogen-bond acceptors (Lipinski definition) is 5. The van der Waals surface area contributed by atoms with Gasteiger partial charge in [0.15, 0.2) is 5.82 Å². The maximum atomic E-state index is 4.75. The first-order chi connectivity index (χ1) is 12.3. The fraction of sp³-hybridized carbons (Fsp3) is 0.389. The molecule has 0 fully saturated rings. The lowest BCUT2D eigenvalue weighted by molar-refractivity contribution is 0.587. The Labute approximate surface area is 147 Å². The van der Waals surface area contributed by atoms with Crippen molar-refractivity contribution in [1.82, 2.24) is 29.6 Å². The molecule has 0 aromatic carbocycles. The number of aryl methyl sites for hydroxylation is 2. The highest BCUT2D eigenvalue weighted by atomic mass is 15.3. The summed E-state index contributed by atoms with van der Waals surface area (Å²) in [6.45, 7) is 6.54. The van der Waals surface area contributed by atoms with Gasteiger partial charge in [0.1, 0.15) is 11.5 Å². The minimum absolute atomic E-state index is 0.787. The van der Waals surface area contributed by atoms with E-state index in [0.29, 0.717) is 0 Å². The van der Waals surface area contributed by atoms with Gasteiger partial charge in [0.05, 0.1) is 5.69 Å². The second-order valence-corrected chi connectivity index (χ2v) is 6.36. The van der Waals surface area contributed by atoms with Gasteiger partial charge < -0.3 is 15.2 Å². The van der Waals surface area contributed by atoms with Crippen LogP contribution in [0.4, 0.5) is 5.82 Å². The van der Waals surface area contributed by atoms with Crippen molar-refractivity contribution in [3.05, 3.63) is 48.0 Å². The monoisotopic (exact) mass is 337 g/mol. The molecule has 1 aliphatic rings. The molecule has 4 heterocycles. The third-order valence-corrected chi connectivity index (χ3v) is 4.41. The number of nitrogens with zero attached hydrogens (tertiary/aromatic N) is 5. The van der Waals surface area contributed by atoms with Crippen LogP contribution in [0.25, 0.3) is 11.5 Å². The van der Waals surface area contributed by atoms with Crippen molar-refractivity contribution in [2.45, 2.75) is 33.0 Å². The van der Waals surface area contributed by atoms with Gasteiger partial charge in [0.25, 0.3) is 0 Å². The van der Waals surface area contributed by atoms with Crippen LogP contribution in [0.2, 0.25) is 0 Å². The van der Waals surface area contributed by atoms with Gasteiger partial charge in [0, 0.05) is 44.8 Å². The molecule has 0 unspecified atom stereocenters. The Morgan fingerprint density at radius 3 is 3.12 bits per heavy atom. The minimum Gasteiger partial charge on any atom is -0.368 e. The standard InChI is InChI=1S/C18H23N7/c1-14-3-5-20-17(11-14)21-6-9-24-10-7-22-18(24)16-12-15-13-19-4-2-8-25(15)23-16/h3,5,7,10-12,19H,2,4,6,8-9,13H2,1H3,(H,20,21). The number of anilines is 1. The van der Waals surface area contributed by atoms with Gasteiger partial charge >= 0.3 is 0 Å². The van der Waals surface area contributed by atoms with Gasteiger partial charge in [0.2, 0.25) is 0 Å². The summed E-state index contributed by atoms with van der Waals surface area (Å²) in [7, 11) is 0. The zero-order valence-electron chi connectivity index (χ0n) is 14.4. The van der Waals surface area contributed by atoms with Crippen molar-refractivity contribution in [3.8, 4) is 11.5 Å². The zero-order chi connectivity index (χ0) is 17.1. The number of fused-ring (bicyclic) bond motifs is 1. The summed E-state index contributed by atoms with van der Waals surface area (Å²) >= 11 is 0. The van der Waals surface area contributed by atoms with Crippen molar-refractivity contribution in [1.29, 1.82) is 0 Å². The quantitative estimate of drug-likeness (QED) is 0.745. The third-order valence-electron chi connectivity index (χ3n) is 4.41. The first kappa shape index (κ1) is 15.8. The van der Waals surface area contributed by atoms with E-state index in [4.69, 9.17) is 5.10 Å². The zero-order valence-corrected chi connectivity index (χ0v) is 14.4. The third kappa shape index (κ3) is 3.56. The van der Waals surface area contributed by atoms with E-state index in [1.807, 2.05) is 30.7 Å². The Balaban J connectivity index is 1.45. The summed E-state index contributed by atoms with van der Waals surface area (Å²) in [6, 6.07) is 6.19. The summed E-state index contributed by atoms with van der Waals surface area (Å²) in [4.78, 5) is 8.85. The van der Waals surface area contributed by atoms with Crippen LogP contribution in [-0.4, -0.2) is 37.4 Å². The predicted octanol–water partition coefficient (Wildman–Crippen LogP) is 2.06. The first-order valence-electron chi connectivity index (χ1n) is 8.75. The maximum absolute atomic E-state index is 4.75. The maximum Gasteiger partial charge on any atom is 0.160 e. The number of rotatable bonds is 5. The summed E-state index contributed by atoms with van der Waals surface area (Å²) in [5, 5.41) is 11.5. The van der Waals surface area contributed by atoms with E-state index in [0.717, 1.165) is 56.5 Å². The van der Waals surface area contributed by atoms with Gasteiger partial charge in [-0.2, -0.15) is 5.10 Å². The molecule has 0 amide bonds. The van der Waals surface area contributed by atoms with Crippen LogP contribution < -0.4 is 10.6 Å². The van der Waals surface area contributed by atoms with Crippen LogP contribution in [0.3, 0.4) is 0 Å². The Morgan fingerprint density at radius 2 is 2.20 bits per heavy atom. The highest BCUT2D eigenvalue weighted by Gasteiger charge is 2.15. The van der Waals surface area contributed by atoms with E-state index in [1.165, 1.54) is 11.3 Å². The highest BCUT2D eigenvalue weighted by Crippen LogP contribution is 2.19. The van der Waals surface area contributed by atoms with E-state index >= 15 is 0 Å². The highest BCUT2D eigenvalue weighted by molar-refractivity contribution is 5.50. The lowest BCUT2D eigenvalue weighted by Gasteiger charge is -2.09. The van der Waals surface area contributed by atoms with Gasteiger partial charge in [-0.1, -0.05) is 0 Å². The normalized spacial score (nSPS) is 14.1. The molecule has 130 valence electrons. The van der Waals surface area contributed by atoms with E-state index in [1.54, 1.807) is 0 Å². The number of imidazole rings is 1. The summed E-state index contributed by atoms with van der Waals surface area (Å²) in [6.07, 6.45) is 6.77. The Bertz CT molecular complexity index is 825. The molecule has 7 nitrogen and oxygen atoms in total. The van der Waals surface area contributed by atoms with Crippen LogP contribution in [0.1, 0.15) is 17.7 Å². The van der Waals surface area contributed by atoms with Crippen molar-refractivity contribution >= 4 is 5.82 Å². The number of hydrogen-bond donors (Lipinski definition) is 2. The van der Waals surface area contributed by atoms with E-state index < -0.39 is 0 Å². The van der Waals surface area contributed by atoms with Gasteiger partial charge in [-0.05, 0) is 43.7 Å². The smallest absolute Gasteiger partial charge is 0.160 e. The molecule has 4 rings (SSSR count). The second-order valence-electron chi connectivity index (χ2n) is 6.36. The van der Waals surface area contributed by atoms with Crippen molar-refractivity contribution in [2.24, 2.45) is 0 Å². The molecule has 0 saturated heterocycles. The molecule has 1 aliphatic heterocycles. The summed E-state index contributed by atoms with van der Waals surface area (Å²) < 4.78 is 4.24. The van der Waals surface area contributed by atoms with Crippen molar-refractivity contribution in [3.63, 3.8) is 0 Å². The molecule has 0 saturated carbocycles. The first-order valence-corrected chi connectivity index (χ1v) is 8.75. The van der Waals surface area contributed by atoms with Crippen molar-refractivity contribution in [2.75, 3.05) is 18.4 Å². The SMILES string of the molecule is Cc1ccnc(NCCn2ccnc2-c2cc3n(n2)CCCNC3)c1. The van der Waals surface area contributed by atoms with Crippen LogP contribution in [0.5, 0.6) is 0 Å². The fourth-order valence-electron chi connectivity index (χ4n) is 3.13. The molecule has 0 bridgehead atoms. The van der Waals surface area contributed by atoms with E-state index in [9.17, 15) is 0 Å². The summed E-state index contributed by atoms with van der Waals surface area (Å²) in [5.41, 5.74) is 3.37. The number of pyridine rings is 1. The molecule has 0 radical (unpaired) electrons. The molecule has 0 aliphatic carbocycles. The predicted molar refractivity (Wildman–Crippen MR) is 97.2 cm³/mol. The molecule has 0 atom stereocenters. The second kappa shape index (κ2) is 7.06. The Hall–Kier alpha value is -2.67.